The van der Waals surface area contributed by atoms with E-state index in [0.717, 1.165) is 37.8 Å². The zero-order valence-electron chi connectivity index (χ0n) is 16.6. The number of nitrogens with zero attached hydrogens (tertiary/aromatic N) is 1. The zero-order chi connectivity index (χ0) is 20.4. The van der Waals surface area contributed by atoms with Crippen LogP contribution >= 0.6 is 0 Å². The number of rotatable bonds is 5. The van der Waals surface area contributed by atoms with Crippen molar-refractivity contribution < 1.29 is 17.9 Å². The molecule has 1 heterocycles. The summed E-state index contributed by atoms with van der Waals surface area (Å²) in [6.07, 6.45) is 5.95. The molecule has 1 fully saturated rings. The van der Waals surface area contributed by atoms with Crippen LogP contribution < -0.4 is 10.1 Å². The largest absolute Gasteiger partial charge is 0.495 e. The van der Waals surface area contributed by atoms with Crippen molar-refractivity contribution in [3.8, 4) is 5.75 Å². The van der Waals surface area contributed by atoms with Gasteiger partial charge in [0.05, 0.1) is 7.11 Å². The average molecular weight is 415 g/mol. The number of amides is 1. The Morgan fingerprint density at radius 3 is 2.55 bits per heavy atom. The van der Waals surface area contributed by atoms with Crippen molar-refractivity contribution >= 4 is 21.6 Å². The zero-order valence-corrected chi connectivity index (χ0v) is 17.4. The van der Waals surface area contributed by atoms with E-state index in [2.05, 4.69) is 11.4 Å². The number of benzene rings is 2. The predicted molar refractivity (Wildman–Crippen MR) is 112 cm³/mol. The molecule has 1 amide bonds. The molecule has 0 bridgehead atoms. The van der Waals surface area contributed by atoms with Gasteiger partial charge in [-0.3, -0.25) is 4.79 Å². The van der Waals surface area contributed by atoms with Gasteiger partial charge in [-0.2, -0.15) is 4.31 Å². The molecular weight excluding hydrogens is 388 g/mol. The van der Waals surface area contributed by atoms with Gasteiger partial charge in [0.1, 0.15) is 10.6 Å². The number of methoxy groups -OCH3 is 1. The first-order chi connectivity index (χ1) is 14.0. The van der Waals surface area contributed by atoms with E-state index in [4.69, 9.17) is 4.74 Å². The second kappa shape index (κ2) is 8.16. The number of fused-ring (bicyclic) bond motifs is 1. The number of carbonyl (C=O) groups excluding carboxylic acids is 1. The third kappa shape index (κ3) is 3.89. The van der Waals surface area contributed by atoms with Crippen molar-refractivity contribution in [3.05, 3.63) is 53.1 Å². The fourth-order valence-electron chi connectivity index (χ4n) is 4.18. The van der Waals surface area contributed by atoms with Crippen LogP contribution in [0.4, 0.5) is 5.69 Å². The number of anilines is 1. The first kappa shape index (κ1) is 19.9. The molecule has 2 aromatic carbocycles. The Balaban J connectivity index is 1.65. The number of hydrogen-bond donors (Lipinski definition) is 1. The second-order valence-electron chi connectivity index (χ2n) is 7.58. The standard InChI is InChI=1S/C22H26N2O4S/c1-28-20-12-11-17(15-21(20)29(26,27)24-13-4-5-14-24)22(25)23-19-10-6-8-16-7-2-3-9-18(16)19/h6,8,10-12,15H,2-5,7,9,13-14H2,1H3,(H,23,25). The highest BCUT2D eigenvalue weighted by Gasteiger charge is 2.30. The van der Waals surface area contributed by atoms with Crippen molar-refractivity contribution in [1.29, 1.82) is 0 Å². The van der Waals surface area contributed by atoms with Crippen LogP contribution in [0.25, 0.3) is 0 Å². The first-order valence-electron chi connectivity index (χ1n) is 10.1. The van der Waals surface area contributed by atoms with Crippen LogP contribution in [-0.2, 0) is 22.9 Å². The molecule has 7 heteroatoms. The maximum absolute atomic E-state index is 13.1. The third-order valence-corrected chi connectivity index (χ3v) is 7.67. The normalized spacial score (nSPS) is 17.0. The fourth-order valence-corrected chi connectivity index (χ4v) is 5.88. The maximum Gasteiger partial charge on any atom is 0.255 e. The lowest BCUT2D eigenvalue weighted by Crippen LogP contribution is -2.28. The monoisotopic (exact) mass is 414 g/mol. The average Bonchev–Trinajstić information content (AvgIpc) is 3.29. The minimum Gasteiger partial charge on any atom is -0.495 e. The topological polar surface area (TPSA) is 75.7 Å². The van der Waals surface area contributed by atoms with Gasteiger partial charge in [0, 0.05) is 24.3 Å². The molecule has 2 aliphatic rings. The Morgan fingerprint density at radius 1 is 1.03 bits per heavy atom. The summed E-state index contributed by atoms with van der Waals surface area (Å²) < 4.78 is 32.8. The lowest BCUT2D eigenvalue weighted by molar-refractivity contribution is 0.102. The second-order valence-corrected chi connectivity index (χ2v) is 9.49. The van der Waals surface area contributed by atoms with Crippen molar-refractivity contribution in [2.75, 3.05) is 25.5 Å². The summed E-state index contributed by atoms with van der Waals surface area (Å²) in [5.74, 6) is -0.0601. The molecule has 154 valence electrons. The molecule has 0 atom stereocenters. The molecule has 1 aliphatic heterocycles. The van der Waals surface area contributed by atoms with E-state index < -0.39 is 10.0 Å². The van der Waals surface area contributed by atoms with Crippen molar-refractivity contribution in [2.45, 2.75) is 43.4 Å². The van der Waals surface area contributed by atoms with E-state index in [1.165, 1.54) is 35.0 Å². The number of nitrogens with one attached hydrogen (secondary N) is 1. The van der Waals surface area contributed by atoms with Crippen molar-refractivity contribution in [2.24, 2.45) is 0 Å². The summed E-state index contributed by atoms with van der Waals surface area (Å²) >= 11 is 0. The van der Waals surface area contributed by atoms with Crippen LogP contribution in [0.2, 0.25) is 0 Å². The van der Waals surface area contributed by atoms with Crippen LogP contribution in [0, 0.1) is 0 Å². The smallest absolute Gasteiger partial charge is 0.255 e. The van der Waals surface area contributed by atoms with Gasteiger partial charge in [0.2, 0.25) is 10.0 Å². The highest BCUT2D eigenvalue weighted by atomic mass is 32.2. The number of carbonyl (C=O) groups is 1. The summed E-state index contributed by atoms with van der Waals surface area (Å²) in [6.45, 7) is 0.996. The Bertz CT molecular complexity index is 1030. The summed E-state index contributed by atoms with van der Waals surface area (Å²) in [6, 6.07) is 10.6. The van der Waals surface area contributed by atoms with Crippen LogP contribution in [0.5, 0.6) is 5.75 Å². The molecular formula is C22H26N2O4S. The van der Waals surface area contributed by atoms with Crippen LogP contribution in [0.15, 0.2) is 41.3 Å². The Hall–Kier alpha value is -2.38. The van der Waals surface area contributed by atoms with Gasteiger partial charge in [-0.25, -0.2) is 8.42 Å². The Kier molecular flexibility index (Phi) is 5.61. The van der Waals surface area contributed by atoms with Crippen molar-refractivity contribution in [1.82, 2.24) is 4.31 Å². The number of hydrogen-bond acceptors (Lipinski definition) is 4. The minimum atomic E-state index is -3.70. The quantitative estimate of drug-likeness (QED) is 0.811. The van der Waals surface area contributed by atoms with Crippen LogP contribution in [0.1, 0.15) is 47.2 Å². The molecule has 0 aromatic heterocycles. The van der Waals surface area contributed by atoms with E-state index in [1.807, 2.05) is 12.1 Å². The SMILES string of the molecule is COc1ccc(C(=O)Nc2cccc3c2CCCC3)cc1S(=O)(=O)N1CCCC1. The van der Waals surface area contributed by atoms with Gasteiger partial charge in [0.25, 0.3) is 5.91 Å². The minimum absolute atomic E-state index is 0.0460. The third-order valence-electron chi connectivity index (χ3n) is 5.75. The highest BCUT2D eigenvalue weighted by molar-refractivity contribution is 7.89. The molecule has 0 unspecified atom stereocenters. The van der Waals surface area contributed by atoms with Gasteiger partial charge in [-0.05, 0) is 73.9 Å². The van der Waals surface area contributed by atoms with Crippen LogP contribution in [0.3, 0.4) is 0 Å². The molecule has 1 aliphatic carbocycles. The summed E-state index contributed by atoms with van der Waals surface area (Å²) in [5.41, 5.74) is 3.58. The van der Waals surface area contributed by atoms with E-state index in [0.29, 0.717) is 18.7 Å². The first-order valence-corrected chi connectivity index (χ1v) is 11.5. The summed E-state index contributed by atoms with van der Waals surface area (Å²) in [4.78, 5) is 13.0. The predicted octanol–water partition coefficient (Wildman–Crippen LogP) is 3.61. The molecule has 1 saturated heterocycles. The van der Waals surface area contributed by atoms with Gasteiger partial charge in [0.15, 0.2) is 0 Å². The molecule has 29 heavy (non-hydrogen) atoms. The Morgan fingerprint density at radius 2 is 1.79 bits per heavy atom. The van der Waals surface area contributed by atoms with Gasteiger partial charge in [-0.15, -0.1) is 0 Å². The molecule has 4 rings (SSSR count). The van der Waals surface area contributed by atoms with Gasteiger partial charge >= 0.3 is 0 Å². The Labute approximate surface area is 171 Å². The molecule has 0 saturated carbocycles. The number of sulfonamides is 1. The molecule has 1 N–H and O–H groups in total. The van der Waals surface area contributed by atoms with E-state index in [1.54, 1.807) is 12.1 Å². The van der Waals surface area contributed by atoms with Gasteiger partial charge < -0.3 is 10.1 Å². The number of aryl methyl sites for hydroxylation is 1. The fraction of sp³-hybridized carbons (Fsp3) is 0.409. The van der Waals surface area contributed by atoms with E-state index in [-0.39, 0.29) is 16.6 Å². The number of ether oxygens (including phenoxy) is 1. The molecule has 0 radical (unpaired) electrons. The lowest BCUT2D eigenvalue weighted by Gasteiger charge is -2.20. The summed E-state index contributed by atoms with van der Waals surface area (Å²) in [5, 5.41) is 2.98. The van der Waals surface area contributed by atoms with E-state index >= 15 is 0 Å². The lowest BCUT2D eigenvalue weighted by atomic mass is 9.90. The van der Waals surface area contributed by atoms with Crippen molar-refractivity contribution in [3.63, 3.8) is 0 Å². The molecule has 0 spiro atoms. The van der Waals surface area contributed by atoms with Gasteiger partial charge in [-0.1, -0.05) is 12.1 Å². The van der Waals surface area contributed by atoms with E-state index in [9.17, 15) is 13.2 Å². The highest BCUT2D eigenvalue weighted by Crippen LogP contribution is 2.31. The van der Waals surface area contributed by atoms with Crippen LogP contribution in [-0.4, -0.2) is 38.8 Å². The molecule has 2 aromatic rings. The summed E-state index contributed by atoms with van der Waals surface area (Å²) in [7, 11) is -2.26. The molecule has 6 nitrogen and oxygen atoms in total. The maximum atomic E-state index is 13.1.